The molecule has 26 heavy (non-hydrogen) atoms. The van der Waals surface area contributed by atoms with E-state index in [1.165, 1.54) is 16.9 Å². The van der Waals surface area contributed by atoms with Gasteiger partial charge in [0.15, 0.2) is 0 Å². The van der Waals surface area contributed by atoms with E-state index in [0.717, 1.165) is 12.8 Å². The molecule has 2 rings (SSSR count). The maximum atomic E-state index is 12.5. The molecule has 0 bridgehead atoms. The number of anilines is 1. The van der Waals surface area contributed by atoms with E-state index in [0.29, 0.717) is 11.3 Å². The Kier molecular flexibility index (Phi) is 6.80. The van der Waals surface area contributed by atoms with Crippen molar-refractivity contribution in [3.8, 4) is 0 Å². The van der Waals surface area contributed by atoms with Crippen molar-refractivity contribution in [3.05, 3.63) is 65.7 Å². The molecule has 0 aliphatic carbocycles. The normalized spacial score (nSPS) is 12.4. The molecule has 2 aromatic rings. The van der Waals surface area contributed by atoms with Crippen LogP contribution in [0.15, 0.2) is 54.6 Å². The lowest BCUT2D eigenvalue weighted by atomic mass is 10.1. The minimum absolute atomic E-state index is 0.0104. The number of hydrogen-bond donors (Lipinski definition) is 1. The monoisotopic (exact) mass is 374 g/mol. The molecule has 0 aliphatic rings. The van der Waals surface area contributed by atoms with Crippen LogP contribution in [0.5, 0.6) is 0 Å². The molecule has 1 unspecified atom stereocenters. The largest absolute Gasteiger partial charge is 0.350 e. The Morgan fingerprint density at radius 2 is 1.81 bits per heavy atom. The lowest BCUT2D eigenvalue weighted by Gasteiger charge is -2.19. The minimum atomic E-state index is -3.35. The van der Waals surface area contributed by atoms with Crippen molar-refractivity contribution in [1.82, 2.24) is 5.32 Å². The third kappa shape index (κ3) is 5.33. The average Bonchev–Trinajstić information content (AvgIpc) is 2.66. The molecule has 0 aromatic heterocycles. The number of aryl methyl sites for hydroxylation is 1. The summed E-state index contributed by atoms with van der Waals surface area (Å²) < 4.78 is 25.2. The summed E-state index contributed by atoms with van der Waals surface area (Å²) in [5.41, 5.74) is 2.17. The highest BCUT2D eigenvalue weighted by molar-refractivity contribution is 7.92. The van der Waals surface area contributed by atoms with Crippen molar-refractivity contribution in [1.29, 1.82) is 0 Å². The van der Waals surface area contributed by atoms with E-state index in [2.05, 4.69) is 17.4 Å². The van der Waals surface area contributed by atoms with Gasteiger partial charge in [0.25, 0.3) is 5.91 Å². The van der Waals surface area contributed by atoms with Gasteiger partial charge in [-0.05, 0) is 50.5 Å². The maximum Gasteiger partial charge on any atom is 0.251 e. The fourth-order valence-corrected chi connectivity index (χ4v) is 3.43. The molecule has 0 heterocycles. The van der Waals surface area contributed by atoms with E-state index >= 15 is 0 Å². The highest BCUT2D eigenvalue weighted by Gasteiger charge is 2.17. The second-order valence-corrected chi connectivity index (χ2v) is 8.61. The Morgan fingerprint density at radius 1 is 1.12 bits per heavy atom. The molecule has 6 heteroatoms. The van der Waals surface area contributed by atoms with Crippen LogP contribution in [0.2, 0.25) is 0 Å². The van der Waals surface area contributed by atoms with E-state index < -0.39 is 10.0 Å². The summed E-state index contributed by atoms with van der Waals surface area (Å²) in [6, 6.07) is 16.8. The molecule has 1 atom stereocenters. The Hall–Kier alpha value is -2.34. The zero-order valence-electron chi connectivity index (χ0n) is 15.5. The topological polar surface area (TPSA) is 66.5 Å². The summed E-state index contributed by atoms with van der Waals surface area (Å²) in [5, 5.41) is 2.98. The molecule has 0 fully saturated rings. The van der Waals surface area contributed by atoms with Crippen LogP contribution in [0.1, 0.15) is 36.2 Å². The third-order valence-electron chi connectivity index (χ3n) is 4.34. The van der Waals surface area contributed by atoms with Gasteiger partial charge in [-0.25, -0.2) is 8.42 Å². The molecule has 0 saturated carbocycles. The Balaban J connectivity index is 2.00. The van der Waals surface area contributed by atoms with Gasteiger partial charge in [-0.2, -0.15) is 0 Å². The molecular formula is C20H26N2O3S. The SMILES string of the molecule is CCS(=O)(=O)N(C)c1cccc(C(=O)NC(C)CCc2ccccc2)c1. The van der Waals surface area contributed by atoms with E-state index in [1.807, 2.05) is 25.1 Å². The Labute approximate surface area is 156 Å². The second kappa shape index (κ2) is 8.85. The average molecular weight is 375 g/mol. The first-order valence-corrected chi connectivity index (χ1v) is 10.4. The Bertz CT molecular complexity index is 835. The first-order valence-electron chi connectivity index (χ1n) is 8.75. The van der Waals surface area contributed by atoms with Gasteiger partial charge >= 0.3 is 0 Å². The number of rotatable bonds is 8. The number of nitrogens with one attached hydrogen (secondary N) is 1. The fourth-order valence-electron chi connectivity index (χ4n) is 2.60. The standard InChI is InChI=1S/C20H26N2O3S/c1-4-26(24,25)22(3)19-12-8-11-18(15-19)20(23)21-16(2)13-14-17-9-6-5-7-10-17/h5-12,15-16H,4,13-14H2,1-3H3,(H,21,23). The number of carbonyl (C=O) groups excluding carboxylic acids is 1. The van der Waals surface area contributed by atoms with Crippen molar-refractivity contribution in [2.75, 3.05) is 17.1 Å². The first-order chi connectivity index (χ1) is 12.3. The van der Waals surface area contributed by atoms with Gasteiger partial charge in [0, 0.05) is 18.7 Å². The molecule has 1 N–H and O–H groups in total. The van der Waals surface area contributed by atoms with Crippen molar-refractivity contribution in [2.45, 2.75) is 32.7 Å². The summed E-state index contributed by atoms with van der Waals surface area (Å²) in [5.74, 6) is -0.189. The number of hydrogen-bond acceptors (Lipinski definition) is 3. The number of sulfonamides is 1. The van der Waals surface area contributed by atoms with Gasteiger partial charge in [-0.3, -0.25) is 9.10 Å². The van der Waals surface area contributed by atoms with Crippen LogP contribution in [0.3, 0.4) is 0 Å². The second-order valence-electron chi connectivity index (χ2n) is 6.32. The Morgan fingerprint density at radius 3 is 2.46 bits per heavy atom. The lowest BCUT2D eigenvalue weighted by molar-refractivity contribution is 0.0938. The summed E-state index contributed by atoms with van der Waals surface area (Å²) in [6.07, 6.45) is 1.72. The van der Waals surface area contributed by atoms with Crippen LogP contribution in [-0.2, 0) is 16.4 Å². The summed E-state index contributed by atoms with van der Waals surface area (Å²) in [7, 11) is -1.86. The van der Waals surface area contributed by atoms with Gasteiger partial charge < -0.3 is 5.32 Å². The van der Waals surface area contributed by atoms with E-state index in [1.54, 1.807) is 31.2 Å². The number of carbonyl (C=O) groups is 1. The van der Waals surface area contributed by atoms with Crippen molar-refractivity contribution >= 4 is 21.6 Å². The zero-order valence-corrected chi connectivity index (χ0v) is 16.3. The van der Waals surface area contributed by atoms with Crippen LogP contribution >= 0.6 is 0 Å². The van der Waals surface area contributed by atoms with Gasteiger partial charge in [0.1, 0.15) is 0 Å². The van der Waals surface area contributed by atoms with Gasteiger partial charge in [-0.1, -0.05) is 36.4 Å². The minimum Gasteiger partial charge on any atom is -0.350 e. The molecule has 0 spiro atoms. The predicted octanol–water partition coefficient (Wildman–Crippen LogP) is 3.22. The molecule has 0 saturated heterocycles. The first kappa shape index (κ1) is 20.0. The van der Waals surface area contributed by atoms with Crippen molar-refractivity contribution in [3.63, 3.8) is 0 Å². The predicted molar refractivity (Wildman–Crippen MR) is 106 cm³/mol. The maximum absolute atomic E-state index is 12.5. The quantitative estimate of drug-likeness (QED) is 0.771. The third-order valence-corrected chi connectivity index (χ3v) is 6.12. The van der Waals surface area contributed by atoms with E-state index in [-0.39, 0.29) is 17.7 Å². The number of amides is 1. The lowest BCUT2D eigenvalue weighted by Crippen LogP contribution is -2.33. The number of nitrogens with zero attached hydrogens (tertiary/aromatic N) is 1. The molecule has 5 nitrogen and oxygen atoms in total. The van der Waals surface area contributed by atoms with Crippen LogP contribution in [-0.4, -0.2) is 33.2 Å². The molecule has 0 aliphatic heterocycles. The van der Waals surface area contributed by atoms with Crippen molar-refractivity contribution < 1.29 is 13.2 Å². The zero-order chi connectivity index (χ0) is 19.2. The van der Waals surface area contributed by atoms with E-state index in [9.17, 15) is 13.2 Å². The molecule has 140 valence electrons. The smallest absolute Gasteiger partial charge is 0.251 e. The van der Waals surface area contributed by atoms with E-state index in [4.69, 9.17) is 0 Å². The van der Waals surface area contributed by atoms with Crippen LogP contribution in [0, 0.1) is 0 Å². The van der Waals surface area contributed by atoms with Gasteiger partial charge in [0.05, 0.1) is 11.4 Å². The summed E-state index contributed by atoms with van der Waals surface area (Å²) >= 11 is 0. The van der Waals surface area contributed by atoms with Gasteiger partial charge in [-0.15, -0.1) is 0 Å². The van der Waals surface area contributed by atoms with Crippen LogP contribution < -0.4 is 9.62 Å². The molecular weight excluding hydrogens is 348 g/mol. The summed E-state index contributed by atoms with van der Waals surface area (Å²) in [6.45, 7) is 3.56. The fraction of sp³-hybridized carbons (Fsp3) is 0.350. The van der Waals surface area contributed by atoms with Crippen LogP contribution in [0.25, 0.3) is 0 Å². The molecule has 1 amide bonds. The summed E-state index contributed by atoms with van der Waals surface area (Å²) in [4.78, 5) is 12.5. The number of benzene rings is 2. The molecule has 0 radical (unpaired) electrons. The van der Waals surface area contributed by atoms with Gasteiger partial charge in [0.2, 0.25) is 10.0 Å². The van der Waals surface area contributed by atoms with Crippen LogP contribution in [0.4, 0.5) is 5.69 Å². The van der Waals surface area contributed by atoms with Crippen molar-refractivity contribution in [2.24, 2.45) is 0 Å². The molecule has 2 aromatic carbocycles. The highest BCUT2D eigenvalue weighted by atomic mass is 32.2. The highest BCUT2D eigenvalue weighted by Crippen LogP contribution is 2.18.